The number of rotatable bonds is 8. The van der Waals surface area contributed by atoms with Gasteiger partial charge in [0.1, 0.15) is 6.54 Å². The SMILES string of the molecule is CC1(C)C(/C=C/C=C/C=C/C=C2/N(CC(N)=O)c3ccccc3C2(C)C)=[N+](CC(N)=O)c2ccccc21. The third-order valence-corrected chi connectivity index (χ3v) is 7.18. The maximum Gasteiger partial charge on any atom is 0.283 e. The third kappa shape index (κ3) is 4.92. The van der Waals surface area contributed by atoms with E-state index in [1.54, 1.807) is 0 Å². The summed E-state index contributed by atoms with van der Waals surface area (Å²) in [6.07, 6.45) is 13.9. The number of primary amides is 2. The number of hydrogen-bond donors (Lipinski definition) is 2. The number of hydrogen-bond acceptors (Lipinski definition) is 3. The summed E-state index contributed by atoms with van der Waals surface area (Å²) in [4.78, 5) is 25.5. The molecule has 2 heterocycles. The number of benzene rings is 2. The number of fused-ring (bicyclic) bond motifs is 2. The minimum Gasteiger partial charge on any atom is -0.368 e. The summed E-state index contributed by atoms with van der Waals surface area (Å²) in [6.45, 7) is 8.89. The molecule has 0 spiro atoms. The van der Waals surface area contributed by atoms with Crippen LogP contribution in [0.25, 0.3) is 0 Å². The molecule has 0 saturated heterocycles. The summed E-state index contributed by atoms with van der Waals surface area (Å²) in [7, 11) is 0. The van der Waals surface area contributed by atoms with Crippen molar-refractivity contribution in [3.05, 3.63) is 108 Å². The van der Waals surface area contributed by atoms with Crippen LogP contribution < -0.4 is 16.4 Å². The molecular formula is C31H35N4O2+. The first-order chi connectivity index (χ1) is 17.5. The van der Waals surface area contributed by atoms with Crippen molar-refractivity contribution in [1.82, 2.24) is 0 Å². The van der Waals surface area contributed by atoms with Gasteiger partial charge in [-0.1, -0.05) is 80.6 Å². The van der Waals surface area contributed by atoms with E-state index in [0.717, 1.165) is 22.8 Å². The molecule has 4 N–H and O–H groups in total. The molecule has 2 aromatic carbocycles. The Morgan fingerprint density at radius 3 is 2.14 bits per heavy atom. The molecule has 0 saturated carbocycles. The molecule has 4 rings (SSSR count). The summed E-state index contributed by atoms with van der Waals surface area (Å²) in [6, 6.07) is 16.2. The van der Waals surface area contributed by atoms with Crippen LogP contribution in [0.1, 0.15) is 38.8 Å². The Balaban J connectivity index is 1.54. The largest absolute Gasteiger partial charge is 0.368 e. The fraction of sp³-hybridized carbons (Fsp3) is 0.258. The van der Waals surface area contributed by atoms with E-state index in [1.165, 1.54) is 11.1 Å². The fourth-order valence-electron chi connectivity index (χ4n) is 5.42. The van der Waals surface area contributed by atoms with Crippen LogP contribution >= 0.6 is 0 Å². The van der Waals surface area contributed by atoms with Crippen molar-refractivity contribution in [1.29, 1.82) is 0 Å². The van der Waals surface area contributed by atoms with Crippen LogP contribution in [-0.2, 0) is 20.4 Å². The highest BCUT2D eigenvalue weighted by molar-refractivity contribution is 6.03. The Kier molecular flexibility index (Phi) is 7.03. The Bertz CT molecular complexity index is 1390. The lowest BCUT2D eigenvalue weighted by Gasteiger charge is -2.25. The molecule has 2 amide bonds. The maximum atomic E-state index is 11.8. The minimum absolute atomic E-state index is 0.136. The van der Waals surface area contributed by atoms with Gasteiger partial charge in [-0.3, -0.25) is 9.59 Å². The maximum absolute atomic E-state index is 11.8. The smallest absolute Gasteiger partial charge is 0.283 e. The number of allylic oxidation sites excluding steroid dienone is 8. The molecule has 0 atom stereocenters. The molecule has 2 aliphatic heterocycles. The fourth-order valence-corrected chi connectivity index (χ4v) is 5.42. The number of nitrogens with zero attached hydrogens (tertiary/aromatic N) is 2. The van der Waals surface area contributed by atoms with Crippen molar-refractivity contribution in [2.45, 2.75) is 38.5 Å². The van der Waals surface area contributed by atoms with Gasteiger partial charge in [0.05, 0.1) is 5.41 Å². The average molecular weight is 496 g/mol. The van der Waals surface area contributed by atoms with Gasteiger partial charge in [0.25, 0.3) is 5.91 Å². The Labute approximate surface area is 219 Å². The van der Waals surface area contributed by atoms with E-state index in [2.05, 4.69) is 39.8 Å². The van der Waals surface area contributed by atoms with Gasteiger partial charge >= 0.3 is 0 Å². The Morgan fingerprint density at radius 2 is 1.43 bits per heavy atom. The van der Waals surface area contributed by atoms with Crippen LogP contribution in [0.3, 0.4) is 0 Å². The molecule has 0 aliphatic carbocycles. The van der Waals surface area contributed by atoms with E-state index in [0.29, 0.717) is 0 Å². The van der Waals surface area contributed by atoms with Gasteiger partial charge in [0.15, 0.2) is 5.71 Å². The second kappa shape index (κ2) is 10.1. The number of anilines is 1. The van der Waals surface area contributed by atoms with Crippen molar-refractivity contribution >= 4 is 28.9 Å². The van der Waals surface area contributed by atoms with Gasteiger partial charge in [-0.2, -0.15) is 4.58 Å². The van der Waals surface area contributed by atoms with Gasteiger partial charge in [-0.15, -0.1) is 0 Å². The molecule has 0 unspecified atom stereocenters. The molecule has 2 aliphatic rings. The number of nitrogens with two attached hydrogens (primary N) is 2. The number of amides is 2. The minimum atomic E-state index is -0.368. The van der Waals surface area contributed by atoms with Gasteiger partial charge in [-0.05, 0) is 31.6 Å². The zero-order valence-corrected chi connectivity index (χ0v) is 21.9. The monoisotopic (exact) mass is 495 g/mol. The predicted molar refractivity (Wildman–Crippen MR) is 150 cm³/mol. The lowest BCUT2D eigenvalue weighted by molar-refractivity contribution is -0.424. The Morgan fingerprint density at radius 1 is 0.811 bits per heavy atom. The Hall–Kier alpha value is -4.19. The van der Waals surface area contributed by atoms with Crippen LogP contribution in [0.15, 0.2) is 96.8 Å². The van der Waals surface area contributed by atoms with Crippen molar-refractivity contribution in [2.75, 3.05) is 18.0 Å². The zero-order valence-electron chi connectivity index (χ0n) is 21.9. The second-order valence-corrected chi connectivity index (χ2v) is 10.5. The van der Waals surface area contributed by atoms with Crippen LogP contribution in [0.2, 0.25) is 0 Å². The van der Waals surface area contributed by atoms with E-state index in [-0.39, 0.29) is 35.7 Å². The summed E-state index contributed by atoms with van der Waals surface area (Å²) in [5.41, 5.74) is 17.0. The van der Waals surface area contributed by atoms with E-state index in [1.807, 2.05) is 88.4 Å². The van der Waals surface area contributed by atoms with Crippen molar-refractivity contribution < 1.29 is 14.2 Å². The normalized spacial score (nSPS) is 18.9. The molecule has 6 nitrogen and oxygen atoms in total. The molecule has 37 heavy (non-hydrogen) atoms. The van der Waals surface area contributed by atoms with Gasteiger partial charge < -0.3 is 16.4 Å². The quantitative estimate of drug-likeness (QED) is 0.420. The molecule has 0 aromatic heterocycles. The highest BCUT2D eigenvalue weighted by Gasteiger charge is 2.44. The molecule has 6 heteroatoms. The van der Waals surface area contributed by atoms with Crippen LogP contribution in [0.4, 0.5) is 11.4 Å². The van der Waals surface area contributed by atoms with E-state index in [4.69, 9.17) is 11.5 Å². The van der Waals surface area contributed by atoms with Crippen LogP contribution in [-0.4, -0.2) is 35.2 Å². The average Bonchev–Trinajstić information content (AvgIpc) is 3.17. The van der Waals surface area contributed by atoms with Gasteiger partial charge in [0.2, 0.25) is 18.1 Å². The zero-order chi connectivity index (χ0) is 26.8. The van der Waals surface area contributed by atoms with Crippen LogP contribution in [0.5, 0.6) is 0 Å². The van der Waals surface area contributed by atoms with Crippen molar-refractivity contribution in [3.8, 4) is 0 Å². The molecule has 2 aromatic rings. The summed E-state index contributed by atoms with van der Waals surface area (Å²) in [5.74, 6) is -0.737. The molecule has 0 fully saturated rings. The second-order valence-electron chi connectivity index (χ2n) is 10.5. The third-order valence-electron chi connectivity index (χ3n) is 7.18. The first-order valence-electron chi connectivity index (χ1n) is 12.5. The van der Waals surface area contributed by atoms with Gasteiger partial charge in [0, 0.05) is 34.5 Å². The van der Waals surface area contributed by atoms with Gasteiger partial charge in [-0.25, -0.2) is 0 Å². The van der Waals surface area contributed by atoms with Crippen molar-refractivity contribution in [3.63, 3.8) is 0 Å². The summed E-state index contributed by atoms with van der Waals surface area (Å²) in [5, 5.41) is 0. The highest BCUT2D eigenvalue weighted by Crippen LogP contribution is 2.47. The summed E-state index contributed by atoms with van der Waals surface area (Å²) >= 11 is 0. The topological polar surface area (TPSA) is 92.4 Å². The molecule has 0 bridgehead atoms. The van der Waals surface area contributed by atoms with Crippen molar-refractivity contribution in [2.24, 2.45) is 11.5 Å². The summed E-state index contributed by atoms with van der Waals surface area (Å²) < 4.78 is 2.00. The molecule has 190 valence electrons. The van der Waals surface area contributed by atoms with E-state index in [9.17, 15) is 9.59 Å². The molecule has 0 radical (unpaired) electrons. The molecular weight excluding hydrogens is 460 g/mol. The lowest BCUT2D eigenvalue weighted by Crippen LogP contribution is -2.34. The standard InChI is InChI=1S/C31H34N4O2/c1-30(2)22-14-10-12-16-24(22)34(20-28(32)36)26(30)18-8-6-5-7-9-19-27-31(3,4)23-15-11-13-17-25(23)35(27)21-29(33)37/h5-19H,20-21H2,1-4H3,(H3-,32,33,36,37)/p+1. The number of carbonyl (C=O) groups excluding carboxylic acids is 2. The highest BCUT2D eigenvalue weighted by atomic mass is 16.1. The predicted octanol–water partition coefficient (Wildman–Crippen LogP) is 4.38. The number of para-hydroxylation sites is 2. The van der Waals surface area contributed by atoms with Crippen LogP contribution in [0, 0.1) is 0 Å². The first-order valence-corrected chi connectivity index (χ1v) is 12.5. The van der Waals surface area contributed by atoms with E-state index >= 15 is 0 Å². The first kappa shape index (κ1) is 25.9. The van der Waals surface area contributed by atoms with E-state index < -0.39 is 0 Å². The lowest BCUT2D eigenvalue weighted by atomic mass is 9.81. The number of carbonyl (C=O) groups is 2.